The number of rotatable bonds is 3. The standard InChI is InChI=1S/C24H23N7/c25-23-13-18-2-1-16(11-21(18)28-23)17-3-4-20-22(12-17)29-24(14-27-20)30-8-5-19(6-9-30)31-10-7-26-15-31/h1-4,7,10-12,14-15,19H,5-6,8-9,13H2,(H2,25,28). The van der Waals surface area contributed by atoms with Gasteiger partial charge in [0.05, 0.1) is 29.2 Å². The highest BCUT2D eigenvalue weighted by Crippen LogP contribution is 2.32. The van der Waals surface area contributed by atoms with Gasteiger partial charge in [-0.2, -0.15) is 0 Å². The molecule has 154 valence electrons. The second kappa shape index (κ2) is 7.19. The molecule has 0 amide bonds. The minimum Gasteiger partial charge on any atom is -0.387 e. The number of anilines is 1. The molecule has 4 heterocycles. The van der Waals surface area contributed by atoms with Crippen LogP contribution in [-0.2, 0) is 6.42 Å². The highest BCUT2D eigenvalue weighted by atomic mass is 15.2. The number of benzene rings is 2. The van der Waals surface area contributed by atoms with Crippen LogP contribution in [-0.4, -0.2) is 38.4 Å². The molecular weight excluding hydrogens is 386 g/mol. The summed E-state index contributed by atoms with van der Waals surface area (Å²) in [7, 11) is 0. The van der Waals surface area contributed by atoms with Crippen LogP contribution in [0.25, 0.3) is 22.2 Å². The second-order valence-electron chi connectivity index (χ2n) is 8.28. The zero-order valence-electron chi connectivity index (χ0n) is 17.1. The number of fused-ring (bicyclic) bond motifs is 2. The SMILES string of the molecule is NC1=Nc2cc(-c3ccc4ncc(N5CCC(n6ccnc6)CC5)nc4c3)ccc2C1. The Balaban J connectivity index is 1.27. The molecular formula is C24H23N7. The Hall–Kier alpha value is -3.74. The van der Waals surface area contributed by atoms with Crippen molar-refractivity contribution in [2.75, 3.05) is 18.0 Å². The monoisotopic (exact) mass is 409 g/mol. The zero-order valence-corrected chi connectivity index (χ0v) is 17.1. The Morgan fingerprint density at radius 3 is 2.65 bits per heavy atom. The minimum atomic E-state index is 0.510. The van der Waals surface area contributed by atoms with Gasteiger partial charge in [-0.3, -0.25) is 4.98 Å². The first-order valence-electron chi connectivity index (χ1n) is 10.7. The summed E-state index contributed by atoms with van der Waals surface area (Å²) in [6.45, 7) is 1.93. The number of amidine groups is 1. The topological polar surface area (TPSA) is 85.2 Å². The van der Waals surface area contributed by atoms with E-state index in [9.17, 15) is 0 Å². The van der Waals surface area contributed by atoms with Crippen LogP contribution in [0.1, 0.15) is 24.4 Å². The molecule has 0 unspecified atom stereocenters. The van der Waals surface area contributed by atoms with E-state index in [1.165, 1.54) is 5.56 Å². The van der Waals surface area contributed by atoms with Crippen molar-refractivity contribution < 1.29 is 0 Å². The molecule has 4 aromatic rings. The zero-order chi connectivity index (χ0) is 20.8. The number of aliphatic imine (C=N–C) groups is 1. The van der Waals surface area contributed by atoms with E-state index in [1.807, 2.05) is 24.8 Å². The molecule has 2 aliphatic heterocycles. The Bertz CT molecular complexity index is 1280. The molecule has 2 aliphatic rings. The van der Waals surface area contributed by atoms with Gasteiger partial charge in [0.25, 0.3) is 0 Å². The molecule has 0 spiro atoms. The van der Waals surface area contributed by atoms with E-state index >= 15 is 0 Å². The van der Waals surface area contributed by atoms with E-state index in [4.69, 9.17) is 10.7 Å². The molecule has 31 heavy (non-hydrogen) atoms. The molecule has 1 saturated heterocycles. The maximum atomic E-state index is 5.89. The fraction of sp³-hybridized carbons (Fsp3) is 0.250. The van der Waals surface area contributed by atoms with Crippen LogP contribution in [0.15, 0.2) is 66.3 Å². The van der Waals surface area contributed by atoms with Crippen molar-refractivity contribution in [2.24, 2.45) is 10.7 Å². The molecule has 7 nitrogen and oxygen atoms in total. The molecule has 2 N–H and O–H groups in total. The predicted molar refractivity (Wildman–Crippen MR) is 123 cm³/mol. The fourth-order valence-electron chi connectivity index (χ4n) is 4.60. The van der Waals surface area contributed by atoms with Gasteiger partial charge < -0.3 is 15.2 Å². The van der Waals surface area contributed by atoms with Crippen molar-refractivity contribution in [3.05, 3.63) is 66.9 Å². The Morgan fingerprint density at radius 1 is 0.968 bits per heavy atom. The first kappa shape index (κ1) is 18.1. The maximum Gasteiger partial charge on any atom is 0.147 e. The number of aromatic nitrogens is 4. The number of imidazole rings is 1. The van der Waals surface area contributed by atoms with E-state index in [-0.39, 0.29) is 0 Å². The summed E-state index contributed by atoms with van der Waals surface area (Å²) in [5, 5.41) is 0. The lowest BCUT2D eigenvalue weighted by Gasteiger charge is -2.33. The van der Waals surface area contributed by atoms with Crippen LogP contribution < -0.4 is 10.6 Å². The van der Waals surface area contributed by atoms with Gasteiger partial charge in [-0.05, 0) is 47.7 Å². The van der Waals surface area contributed by atoms with Gasteiger partial charge in [0, 0.05) is 37.9 Å². The molecule has 6 rings (SSSR count). The predicted octanol–water partition coefficient (Wildman–Crippen LogP) is 3.88. The van der Waals surface area contributed by atoms with E-state index in [0.717, 1.165) is 66.0 Å². The van der Waals surface area contributed by atoms with Crippen molar-refractivity contribution >= 4 is 28.4 Å². The first-order chi connectivity index (χ1) is 15.2. The van der Waals surface area contributed by atoms with Gasteiger partial charge in [-0.25, -0.2) is 15.0 Å². The van der Waals surface area contributed by atoms with Crippen LogP contribution in [0.3, 0.4) is 0 Å². The fourth-order valence-corrected chi connectivity index (χ4v) is 4.60. The van der Waals surface area contributed by atoms with Crippen molar-refractivity contribution in [1.29, 1.82) is 0 Å². The Kier molecular flexibility index (Phi) is 4.19. The smallest absolute Gasteiger partial charge is 0.147 e. The number of nitrogens with two attached hydrogens (primary N) is 1. The van der Waals surface area contributed by atoms with E-state index in [2.05, 4.69) is 61.0 Å². The molecule has 2 aromatic carbocycles. The van der Waals surface area contributed by atoms with E-state index < -0.39 is 0 Å². The van der Waals surface area contributed by atoms with Gasteiger partial charge in [0.15, 0.2) is 0 Å². The lowest BCUT2D eigenvalue weighted by molar-refractivity contribution is 0.395. The van der Waals surface area contributed by atoms with Crippen LogP contribution >= 0.6 is 0 Å². The van der Waals surface area contributed by atoms with Crippen molar-refractivity contribution in [3.8, 4) is 11.1 Å². The van der Waals surface area contributed by atoms with Gasteiger partial charge >= 0.3 is 0 Å². The van der Waals surface area contributed by atoms with Gasteiger partial charge in [-0.1, -0.05) is 18.2 Å². The number of hydrogen-bond donors (Lipinski definition) is 1. The summed E-state index contributed by atoms with van der Waals surface area (Å²) in [4.78, 5) is 20.6. The highest BCUT2D eigenvalue weighted by molar-refractivity contribution is 5.92. The molecule has 0 bridgehead atoms. The summed E-state index contributed by atoms with van der Waals surface area (Å²) in [6.07, 6.45) is 10.6. The number of piperidine rings is 1. The Morgan fingerprint density at radius 2 is 1.81 bits per heavy atom. The molecule has 7 heteroatoms. The van der Waals surface area contributed by atoms with Crippen LogP contribution in [0, 0.1) is 0 Å². The maximum absolute atomic E-state index is 5.89. The molecule has 0 aliphatic carbocycles. The minimum absolute atomic E-state index is 0.510. The summed E-state index contributed by atoms with van der Waals surface area (Å²) < 4.78 is 2.21. The van der Waals surface area contributed by atoms with E-state index in [1.54, 1.807) is 0 Å². The molecule has 0 saturated carbocycles. The van der Waals surface area contributed by atoms with Crippen molar-refractivity contribution in [3.63, 3.8) is 0 Å². The normalized spacial score (nSPS) is 16.5. The largest absolute Gasteiger partial charge is 0.387 e. The lowest BCUT2D eigenvalue weighted by atomic mass is 10.0. The molecule has 0 radical (unpaired) electrons. The third-order valence-electron chi connectivity index (χ3n) is 6.32. The third-order valence-corrected chi connectivity index (χ3v) is 6.32. The van der Waals surface area contributed by atoms with Crippen LogP contribution in [0.5, 0.6) is 0 Å². The number of nitrogens with zero attached hydrogens (tertiary/aromatic N) is 6. The van der Waals surface area contributed by atoms with Crippen molar-refractivity contribution in [2.45, 2.75) is 25.3 Å². The molecule has 1 fully saturated rings. The second-order valence-corrected chi connectivity index (χ2v) is 8.28. The van der Waals surface area contributed by atoms with Crippen LogP contribution in [0.2, 0.25) is 0 Å². The van der Waals surface area contributed by atoms with Crippen molar-refractivity contribution in [1.82, 2.24) is 19.5 Å². The highest BCUT2D eigenvalue weighted by Gasteiger charge is 2.21. The molecule has 2 aromatic heterocycles. The van der Waals surface area contributed by atoms with E-state index in [0.29, 0.717) is 11.9 Å². The van der Waals surface area contributed by atoms with Gasteiger partial charge in [0.2, 0.25) is 0 Å². The van der Waals surface area contributed by atoms with Crippen LogP contribution in [0.4, 0.5) is 11.5 Å². The quantitative estimate of drug-likeness (QED) is 0.555. The number of hydrogen-bond acceptors (Lipinski definition) is 6. The molecule has 0 atom stereocenters. The first-order valence-corrected chi connectivity index (χ1v) is 10.7. The Labute approximate surface area is 180 Å². The lowest BCUT2D eigenvalue weighted by Crippen LogP contribution is -2.35. The summed E-state index contributed by atoms with van der Waals surface area (Å²) in [5.41, 5.74) is 12.1. The van der Waals surface area contributed by atoms with Gasteiger partial charge in [-0.15, -0.1) is 0 Å². The summed E-state index contributed by atoms with van der Waals surface area (Å²) in [6, 6.07) is 13.1. The summed E-state index contributed by atoms with van der Waals surface area (Å²) >= 11 is 0. The summed E-state index contributed by atoms with van der Waals surface area (Å²) in [5.74, 6) is 1.62. The van der Waals surface area contributed by atoms with Gasteiger partial charge in [0.1, 0.15) is 11.7 Å². The average molecular weight is 409 g/mol. The third kappa shape index (κ3) is 3.32. The average Bonchev–Trinajstić information content (AvgIpc) is 3.47.